The van der Waals surface area contributed by atoms with E-state index < -0.39 is 24.4 Å². The molecular formula is C18H15F3O5. The Balaban J connectivity index is 1.72. The van der Waals surface area contributed by atoms with Crippen molar-refractivity contribution in [2.45, 2.75) is 18.9 Å². The molecule has 2 aliphatic rings. The molecule has 0 saturated carbocycles. The lowest BCUT2D eigenvalue weighted by Crippen LogP contribution is -2.17. The zero-order chi connectivity index (χ0) is 18.9. The zero-order valence-electron chi connectivity index (χ0n) is 13.6. The minimum atomic E-state index is -4.78. The van der Waals surface area contributed by atoms with Crippen LogP contribution in [-0.4, -0.2) is 24.5 Å². The molecule has 3 rings (SSSR count). The number of carbonyl (C=O) groups is 1. The second-order valence-electron chi connectivity index (χ2n) is 5.72. The number of benzene rings is 1. The van der Waals surface area contributed by atoms with Gasteiger partial charge in [0.1, 0.15) is 23.2 Å². The molecule has 0 fully saturated rings. The van der Waals surface area contributed by atoms with Crippen LogP contribution in [0.25, 0.3) is 0 Å². The number of aliphatic hydroxyl groups excluding tert-OH is 1. The molecule has 5 nitrogen and oxygen atoms in total. The number of hydrogen-bond donors (Lipinski definition) is 1. The summed E-state index contributed by atoms with van der Waals surface area (Å²) in [7, 11) is 1.49. The van der Waals surface area contributed by atoms with Gasteiger partial charge in [-0.15, -0.1) is 13.2 Å². The molecule has 1 N–H and O–H groups in total. The van der Waals surface area contributed by atoms with Crippen molar-refractivity contribution < 1.29 is 37.3 Å². The summed E-state index contributed by atoms with van der Waals surface area (Å²) in [6.07, 6.45) is -0.815. The predicted molar refractivity (Wildman–Crippen MR) is 83.5 cm³/mol. The quantitative estimate of drug-likeness (QED) is 0.806. The Kier molecular flexibility index (Phi) is 4.78. The predicted octanol–water partition coefficient (Wildman–Crippen LogP) is 3.54. The molecule has 26 heavy (non-hydrogen) atoms. The SMILES string of the molecule is COC1=CC2C(=O)OC(CC(O)c3ccc(OC(F)(F)F)cc3)=C2C=C1. The topological polar surface area (TPSA) is 65.0 Å². The molecule has 0 spiro atoms. The molecule has 2 atom stereocenters. The highest BCUT2D eigenvalue weighted by molar-refractivity contribution is 5.84. The van der Waals surface area contributed by atoms with Gasteiger partial charge in [-0.25, -0.2) is 0 Å². The van der Waals surface area contributed by atoms with Gasteiger partial charge in [0.2, 0.25) is 0 Å². The van der Waals surface area contributed by atoms with Gasteiger partial charge >= 0.3 is 12.3 Å². The van der Waals surface area contributed by atoms with E-state index in [1.165, 1.54) is 19.2 Å². The van der Waals surface area contributed by atoms with Crippen molar-refractivity contribution in [3.05, 3.63) is 65.1 Å². The fourth-order valence-electron chi connectivity index (χ4n) is 2.77. The summed E-state index contributed by atoms with van der Waals surface area (Å²) in [5.41, 5.74) is 1.01. The van der Waals surface area contributed by atoms with E-state index in [2.05, 4.69) is 4.74 Å². The Morgan fingerprint density at radius 2 is 1.92 bits per heavy atom. The number of fused-ring (bicyclic) bond motifs is 1. The van der Waals surface area contributed by atoms with Crippen LogP contribution < -0.4 is 4.74 Å². The van der Waals surface area contributed by atoms with Crippen molar-refractivity contribution in [3.8, 4) is 5.75 Å². The van der Waals surface area contributed by atoms with E-state index in [0.29, 0.717) is 22.7 Å². The summed E-state index contributed by atoms with van der Waals surface area (Å²) in [5, 5.41) is 10.3. The largest absolute Gasteiger partial charge is 0.573 e. The van der Waals surface area contributed by atoms with Crippen molar-refractivity contribution in [1.29, 1.82) is 0 Å². The molecule has 2 unspecified atom stereocenters. The van der Waals surface area contributed by atoms with Gasteiger partial charge in [-0.3, -0.25) is 4.79 Å². The molecular weight excluding hydrogens is 353 g/mol. The number of rotatable bonds is 5. The Morgan fingerprint density at radius 3 is 2.54 bits per heavy atom. The van der Waals surface area contributed by atoms with Crippen LogP contribution in [0.2, 0.25) is 0 Å². The number of halogens is 3. The highest BCUT2D eigenvalue weighted by atomic mass is 19.4. The maximum absolute atomic E-state index is 12.2. The molecule has 0 bridgehead atoms. The molecule has 1 heterocycles. The number of ether oxygens (including phenoxy) is 3. The van der Waals surface area contributed by atoms with E-state index in [1.54, 1.807) is 18.2 Å². The third kappa shape index (κ3) is 3.91. The lowest BCUT2D eigenvalue weighted by Gasteiger charge is -2.14. The minimum Gasteiger partial charge on any atom is -0.497 e. The van der Waals surface area contributed by atoms with Gasteiger partial charge < -0.3 is 19.3 Å². The monoisotopic (exact) mass is 368 g/mol. The number of allylic oxidation sites excluding steroid dienone is 2. The molecule has 0 amide bonds. The van der Waals surface area contributed by atoms with Crippen LogP contribution in [0.3, 0.4) is 0 Å². The number of hydrogen-bond acceptors (Lipinski definition) is 5. The van der Waals surface area contributed by atoms with Crippen molar-refractivity contribution in [1.82, 2.24) is 0 Å². The minimum absolute atomic E-state index is 0.0115. The fourth-order valence-corrected chi connectivity index (χ4v) is 2.77. The standard InChI is InChI=1S/C18H15F3O5/c1-24-12-6-7-13-14(8-12)17(23)25-16(13)9-15(22)10-2-4-11(5-3-10)26-18(19,20)21/h2-8,14-15,22H,9H2,1H3. The third-order valence-electron chi connectivity index (χ3n) is 4.01. The highest BCUT2D eigenvalue weighted by Crippen LogP contribution is 2.37. The van der Waals surface area contributed by atoms with Crippen LogP contribution in [0.5, 0.6) is 5.75 Å². The van der Waals surface area contributed by atoms with Gasteiger partial charge in [0.15, 0.2) is 0 Å². The average Bonchev–Trinajstić information content (AvgIpc) is 2.89. The first-order valence-electron chi connectivity index (χ1n) is 7.69. The second-order valence-corrected chi connectivity index (χ2v) is 5.72. The smallest absolute Gasteiger partial charge is 0.497 e. The van der Waals surface area contributed by atoms with E-state index in [9.17, 15) is 23.1 Å². The summed E-state index contributed by atoms with van der Waals surface area (Å²) in [6.45, 7) is 0. The van der Waals surface area contributed by atoms with Crippen LogP contribution in [0.4, 0.5) is 13.2 Å². The Bertz CT molecular complexity index is 790. The average molecular weight is 368 g/mol. The number of alkyl halides is 3. The second kappa shape index (κ2) is 6.87. The fraction of sp³-hybridized carbons (Fsp3) is 0.278. The van der Waals surface area contributed by atoms with Crippen molar-refractivity contribution >= 4 is 5.97 Å². The van der Waals surface area contributed by atoms with Gasteiger partial charge in [-0.2, -0.15) is 0 Å². The van der Waals surface area contributed by atoms with Crippen molar-refractivity contribution in [2.24, 2.45) is 5.92 Å². The first-order valence-corrected chi connectivity index (χ1v) is 7.69. The van der Waals surface area contributed by atoms with Gasteiger partial charge in [0.25, 0.3) is 0 Å². The van der Waals surface area contributed by atoms with E-state index >= 15 is 0 Å². The van der Waals surface area contributed by atoms with Gasteiger partial charge in [0, 0.05) is 12.0 Å². The summed E-state index contributed by atoms with van der Waals surface area (Å²) in [4.78, 5) is 12.0. The molecule has 1 aliphatic heterocycles. The first kappa shape index (κ1) is 18.1. The lowest BCUT2D eigenvalue weighted by molar-refractivity contribution is -0.274. The molecule has 8 heteroatoms. The maximum atomic E-state index is 12.2. The van der Waals surface area contributed by atoms with E-state index in [4.69, 9.17) is 9.47 Å². The van der Waals surface area contributed by atoms with Crippen LogP contribution in [0.15, 0.2) is 59.6 Å². The Morgan fingerprint density at radius 1 is 1.23 bits per heavy atom. The number of aliphatic hydroxyl groups is 1. The number of carbonyl (C=O) groups excluding carboxylic acids is 1. The summed E-state index contributed by atoms with van der Waals surface area (Å²) in [5.74, 6) is -0.562. The van der Waals surface area contributed by atoms with Gasteiger partial charge in [-0.05, 0) is 29.8 Å². The highest BCUT2D eigenvalue weighted by Gasteiger charge is 2.36. The number of esters is 1. The Labute approximate surface area is 147 Å². The van der Waals surface area contributed by atoms with Gasteiger partial charge in [0.05, 0.1) is 13.2 Å². The van der Waals surface area contributed by atoms with Gasteiger partial charge in [-0.1, -0.05) is 18.2 Å². The number of cyclic esters (lactones) is 1. The third-order valence-corrected chi connectivity index (χ3v) is 4.01. The first-order chi connectivity index (χ1) is 12.3. The van der Waals surface area contributed by atoms with E-state index in [0.717, 1.165) is 12.1 Å². The molecule has 0 saturated heterocycles. The van der Waals surface area contributed by atoms with Crippen LogP contribution in [0.1, 0.15) is 18.1 Å². The van der Waals surface area contributed by atoms with Crippen LogP contribution >= 0.6 is 0 Å². The lowest BCUT2D eigenvalue weighted by atomic mass is 9.93. The summed E-state index contributed by atoms with van der Waals surface area (Å²) >= 11 is 0. The normalized spacial score (nSPS) is 20.4. The molecule has 138 valence electrons. The molecule has 1 aliphatic carbocycles. The maximum Gasteiger partial charge on any atom is 0.573 e. The van der Waals surface area contributed by atoms with Crippen LogP contribution in [0, 0.1) is 5.92 Å². The molecule has 1 aromatic rings. The summed E-state index contributed by atoms with van der Waals surface area (Å²) < 4.78 is 50.6. The number of methoxy groups -OCH3 is 1. The summed E-state index contributed by atoms with van der Waals surface area (Å²) in [6, 6.07) is 4.87. The van der Waals surface area contributed by atoms with Crippen molar-refractivity contribution in [3.63, 3.8) is 0 Å². The van der Waals surface area contributed by atoms with E-state index in [-0.39, 0.29) is 12.2 Å². The van der Waals surface area contributed by atoms with Crippen LogP contribution in [-0.2, 0) is 14.3 Å². The Hall–Kier alpha value is -2.74. The van der Waals surface area contributed by atoms with Crippen molar-refractivity contribution in [2.75, 3.05) is 7.11 Å². The van der Waals surface area contributed by atoms with E-state index in [1.807, 2.05) is 0 Å². The molecule has 0 radical (unpaired) electrons. The molecule has 0 aromatic heterocycles. The molecule has 1 aromatic carbocycles. The zero-order valence-corrected chi connectivity index (χ0v) is 13.6.